The highest BCUT2D eigenvalue weighted by Crippen LogP contribution is 2.44. The molecule has 6 atom stereocenters. The Bertz CT molecular complexity index is 659. The molecule has 0 N–H and O–H groups in total. The van der Waals surface area contributed by atoms with Gasteiger partial charge in [0.15, 0.2) is 6.29 Å². The van der Waals surface area contributed by atoms with Crippen LogP contribution < -0.4 is 0 Å². The van der Waals surface area contributed by atoms with E-state index in [2.05, 4.69) is 4.18 Å². The Morgan fingerprint density at radius 1 is 1.07 bits per heavy atom. The molecular formula is C16H27F3O9S. The molecule has 0 aromatic rings. The van der Waals surface area contributed by atoms with Crippen LogP contribution in [0.15, 0.2) is 0 Å². The minimum atomic E-state index is -5.89. The SMILES string of the molecule is CCCCO[C@@H]1OC[C@@H](OS(=O)(=O)C(F)(F)F)[C@H]2O[C@](C)(OC)[C@@](C)(OC)O[C@H]12. The van der Waals surface area contributed by atoms with Crippen molar-refractivity contribution < 1.29 is 54.2 Å². The van der Waals surface area contributed by atoms with Gasteiger partial charge in [0, 0.05) is 20.8 Å². The maximum absolute atomic E-state index is 12.8. The van der Waals surface area contributed by atoms with Gasteiger partial charge in [0.05, 0.1) is 6.61 Å². The molecule has 2 fully saturated rings. The van der Waals surface area contributed by atoms with E-state index in [0.29, 0.717) is 13.0 Å². The topological polar surface area (TPSA) is 98.8 Å². The number of unbranched alkanes of at least 4 members (excludes halogenated alkanes) is 1. The number of methoxy groups -OCH3 is 2. The average molecular weight is 452 g/mol. The first kappa shape index (κ1) is 24.7. The fourth-order valence-corrected chi connectivity index (χ4v) is 3.60. The largest absolute Gasteiger partial charge is 0.523 e. The highest BCUT2D eigenvalue weighted by Gasteiger charge is 2.63. The van der Waals surface area contributed by atoms with E-state index in [0.717, 1.165) is 6.42 Å². The Morgan fingerprint density at radius 3 is 2.10 bits per heavy atom. The summed E-state index contributed by atoms with van der Waals surface area (Å²) >= 11 is 0. The van der Waals surface area contributed by atoms with Gasteiger partial charge >= 0.3 is 15.6 Å². The van der Waals surface area contributed by atoms with E-state index in [1.165, 1.54) is 28.1 Å². The summed E-state index contributed by atoms with van der Waals surface area (Å²) in [5.74, 6) is -3.08. The summed E-state index contributed by atoms with van der Waals surface area (Å²) in [6.45, 7) is 4.68. The van der Waals surface area contributed by atoms with Crippen LogP contribution in [-0.2, 0) is 42.7 Å². The third kappa shape index (κ3) is 4.87. The van der Waals surface area contributed by atoms with E-state index in [-0.39, 0.29) is 0 Å². The third-order valence-electron chi connectivity index (χ3n) is 5.02. The molecule has 0 aliphatic carbocycles. The van der Waals surface area contributed by atoms with Crippen LogP contribution in [0, 0.1) is 0 Å². The van der Waals surface area contributed by atoms with E-state index in [1.54, 1.807) is 0 Å². The van der Waals surface area contributed by atoms with E-state index in [4.69, 9.17) is 28.4 Å². The molecule has 29 heavy (non-hydrogen) atoms. The lowest BCUT2D eigenvalue weighted by atomic mass is 9.98. The molecule has 2 aliphatic rings. The molecule has 0 spiro atoms. The van der Waals surface area contributed by atoms with Crippen molar-refractivity contribution in [2.45, 2.75) is 75.3 Å². The summed E-state index contributed by atoms with van der Waals surface area (Å²) in [6.07, 6.45) is -3.57. The molecule has 2 saturated heterocycles. The molecule has 0 aromatic carbocycles. The lowest BCUT2D eigenvalue weighted by molar-refractivity contribution is -0.478. The fraction of sp³-hybridized carbons (Fsp3) is 1.00. The predicted octanol–water partition coefficient (Wildman–Crippen LogP) is 1.90. The van der Waals surface area contributed by atoms with E-state index in [9.17, 15) is 21.6 Å². The van der Waals surface area contributed by atoms with Crippen molar-refractivity contribution in [2.75, 3.05) is 27.4 Å². The maximum atomic E-state index is 12.8. The van der Waals surface area contributed by atoms with Crippen LogP contribution in [0.5, 0.6) is 0 Å². The Labute approximate surface area is 167 Å². The van der Waals surface area contributed by atoms with Crippen molar-refractivity contribution in [1.29, 1.82) is 0 Å². The van der Waals surface area contributed by atoms with Crippen LogP contribution in [0.25, 0.3) is 0 Å². The summed E-state index contributed by atoms with van der Waals surface area (Å²) in [6, 6.07) is 0. The van der Waals surface area contributed by atoms with E-state index >= 15 is 0 Å². The summed E-state index contributed by atoms with van der Waals surface area (Å²) < 4.78 is 99.3. The van der Waals surface area contributed by atoms with Crippen molar-refractivity contribution in [2.24, 2.45) is 0 Å². The van der Waals surface area contributed by atoms with Gasteiger partial charge in [-0.15, -0.1) is 0 Å². The van der Waals surface area contributed by atoms with Crippen LogP contribution in [-0.4, -0.2) is 77.5 Å². The molecule has 13 heteroatoms. The first-order valence-corrected chi connectivity index (χ1v) is 10.4. The van der Waals surface area contributed by atoms with Crippen LogP contribution in [0.3, 0.4) is 0 Å². The number of halogens is 3. The number of fused-ring (bicyclic) bond motifs is 1. The highest BCUT2D eigenvalue weighted by molar-refractivity contribution is 7.87. The monoisotopic (exact) mass is 452 g/mol. The van der Waals surface area contributed by atoms with Crippen LogP contribution in [0.4, 0.5) is 13.2 Å². The second-order valence-corrected chi connectivity index (χ2v) is 8.49. The third-order valence-corrected chi connectivity index (χ3v) is 6.09. The zero-order valence-corrected chi connectivity index (χ0v) is 17.7. The van der Waals surface area contributed by atoms with Gasteiger partial charge in [0.1, 0.15) is 18.3 Å². The average Bonchev–Trinajstić information content (AvgIpc) is 2.64. The first-order valence-electron chi connectivity index (χ1n) is 9.03. The predicted molar refractivity (Wildman–Crippen MR) is 91.0 cm³/mol. The zero-order chi connectivity index (χ0) is 22.1. The Hall–Kier alpha value is -0.540. The van der Waals surface area contributed by atoms with Gasteiger partial charge in [0.25, 0.3) is 0 Å². The van der Waals surface area contributed by atoms with E-state index in [1.807, 2.05) is 6.92 Å². The lowest BCUT2D eigenvalue weighted by Crippen LogP contribution is -2.71. The first-order chi connectivity index (χ1) is 13.3. The number of hydrogen-bond acceptors (Lipinski definition) is 9. The fourth-order valence-electron chi connectivity index (χ4n) is 3.00. The van der Waals surface area contributed by atoms with Gasteiger partial charge in [-0.3, -0.25) is 4.18 Å². The van der Waals surface area contributed by atoms with Gasteiger partial charge < -0.3 is 28.4 Å². The normalized spacial score (nSPS) is 38.6. The van der Waals surface area contributed by atoms with Gasteiger partial charge in [-0.05, 0) is 20.3 Å². The Kier molecular flexibility index (Phi) is 7.59. The van der Waals surface area contributed by atoms with Crippen LogP contribution in [0.2, 0.25) is 0 Å². The van der Waals surface area contributed by atoms with Crippen molar-refractivity contribution in [3.8, 4) is 0 Å². The summed E-state index contributed by atoms with van der Waals surface area (Å²) in [5.41, 5.74) is -5.60. The smallest absolute Gasteiger partial charge is 0.350 e. The molecule has 0 saturated carbocycles. The Morgan fingerprint density at radius 2 is 1.62 bits per heavy atom. The van der Waals surface area contributed by atoms with Crippen molar-refractivity contribution in [3.63, 3.8) is 0 Å². The molecule has 0 aromatic heterocycles. The van der Waals surface area contributed by atoms with Crippen molar-refractivity contribution >= 4 is 10.1 Å². The van der Waals surface area contributed by atoms with Crippen LogP contribution >= 0.6 is 0 Å². The van der Waals surface area contributed by atoms with Gasteiger partial charge in [-0.1, -0.05) is 13.3 Å². The second kappa shape index (κ2) is 8.91. The molecular weight excluding hydrogens is 425 g/mol. The lowest BCUT2D eigenvalue weighted by Gasteiger charge is -2.55. The zero-order valence-electron chi connectivity index (χ0n) is 16.9. The minimum Gasteiger partial charge on any atom is -0.350 e. The van der Waals surface area contributed by atoms with Crippen molar-refractivity contribution in [1.82, 2.24) is 0 Å². The van der Waals surface area contributed by atoms with Crippen LogP contribution in [0.1, 0.15) is 33.6 Å². The highest BCUT2D eigenvalue weighted by atomic mass is 32.2. The van der Waals surface area contributed by atoms with Crippen molar-refractivity contribution in [3.05, 3.63) is 0 Å². The van der Waals surface area contributed by atoms with Gasteiger partial charge in [-0.25, -0.2) is 0 Å². The van der Waals surface area contributed by atoms with Gasteiger partial charge in [0.2, 0.25) is 11.6 Å². The summed E-state index contributed by atoms with van der Waals surface area (Å²) in [4.78, 5) is 0. The molecule has 9 nitrogen and oxygen atoms in total. The molecule has 0 amide bonds. The number of hydrogen-bond donors (Lipinski definition) is 0. The maximum Gasteiger partial charge on any atom is 0.523 e. The quantitative estimate of drug-likeness (QED) is 0.311. The minimum absolute atomic E-state index is 0.297. The molecule has 2 rings (SSSR count). The molecule has 0 radical (unpaired) electrons. The van der Waals surface area contributed by atoms with Gasteiger partial charge in [-0.2, -0.15) is 21.6 Å². The second-order valence-electron chi connectivity index (χ2n) is 6.93. The number of alkyl halides is 3. The van der Waals surface area contributed by atoms with E-state index < -0.39 is 58.4 Å². The Balaban J connectivity index is 2.33. The summed E-state index contributed by atoms with van der Waals surface area (Å²) in [7, 11) is -3.27. The number of rotatable bonds is 8. The molecule has 0 bridgehead atoms. The molecule has 0 unspecified atom stereocenters. The molecule has 172 valence electrons. The molecule has 2 heterocycles. The summed E-state index contributed by atoms with van der Waals surface area (Å²) in [5, 5.41) is 0. The molecule has 2 aliphatic heterocycles. The standard InChI is InChI=1S/C16H27F3O9S/c1-6-7-8-24-13-12-11(26-14(2,22-4)15(3,23-5)27-12)10(9-25-13)28-29(20,21)16(17,18)19/h10-13H,6-9H2,1-5H3/t10-,11-,12+,13-,14+,15+/m1/s1. The number of ether oxygens (including phenoxy) is 6.